The van der Waals surface area contributed by atoms with Crippen molar-refractivity contribution in [3.8, 4) is 0 Å². The first-order chi connectivity index (χ1) is 6.02. The third-order valence-electron chi connectivity index (χ3n) is 1.80. The molecule has 0 aromatic heterocycles. The Morgan fingerprint density at radius 2 is 1.85 bits per heavy atom. The van der Waals surface area contributed by atoms with E-state index in [1.165, 1.54) is 18.4 Å². The summed E-state index contributed by atoms with van der Waals surface area (Å²) in [7, 11) is 0. The van der Waals surface area contributed by atoms with E-state index in [1.54, 1.807) is 0 Å². The molecule has 0 aliphatic carbocycles. The zero-order valence-electron chi connectivity index (χ0n) is 9.67. The van der Waals surface area contributed by atoms with Crippen LogP contribution in [0.1, 0.15) is 47.5 Å². The summed E-state index contributed by atoms with van der Waals surface area (Å²) >= 11 is 0. The molecule has 0 aromatic rings. The highest BCUT2D eigenvalue weighted by molar-refractivity contribution is 5.60. The van der Waals surface area contributed by atoms with Crippen molar-refractivity contribution in [2.24, 2.45) is 16.8 Å². The summed E-state index contributed by atoms with van der Waals surface area (Å²) in [6.07, 6.45) is 6.41. The van der Waals surface area contributed by atoms with Gasteiger partial charge >= 0.3 is 0 Å². The summed E-state index contributed by atoms with van der Waals surface area (Å²) in [5, 5.41) is 0. The van der Waals surface area contributed by atoms with Gasteiger partial charge in [0.25, 0.3) is 0 Å². The third kappa shape index (κ3) is 9.32. The molecule has 1 nitrogen and oxygen atoms in total. The fourth-order valence-electron chi connectivity index (χ4n) is 0.923. The molecule has 0 saturated heterocycles. The van der Waals surface area contributed by atoms with E-state index in [4.69, 9.17) is 0 Å². The smallest absolute Gasteiger partial charge is 0.0253 e. The number of allylic oxidation sites excluding steroid dienone is 1. The molecule has 0 N–H and O–H groups in total. The van der Waals surface area contributed by atoms with Crippen LogP contribution < -0.4 is 0 Å². The Morgan fingerprint density at radius 3 is 2.31 bits per heavy atom. The van der Waals surface area contributed by atoms with Crippen molar-refractivity contribution in [2.75, 3.05) is 0 Å². The van der Waals surface area contributed by atoms with Crippen molar-refractivity contribution >= 4 is 6.21 Å². The minimum absolute atomic E-state index is 0.550. The summed E-state index contributed by atoms with van der Waals surface area (Å²) in [6, 6.07) is 0. The standard InChI is InChI=1S/C12H23N/c1-10(2)6-7-12(5)9-13-8-11(3)4/h8-11H,6-7H2,1-5H3/b12-9+,13-8?. The van der Waals surface area contributed by atoms with Gasteiger partial charge in [0.1, 0.15) is 0 Å². The number of aliphatic imine (C=N–C) groups is 1. The average Bonchev–Trinajstić information content (AvgIpc) is 2.00. The molecule has 13 heavy (non-hydrogen) atoms. The van der Waals surface area contributed by atoms with Crippen molar-refractivity contribution in [1.29, 1.82) is 0 Å². The molecule has 0 fully saturated rings. The summed E-state index contributed by atoms with van der Waals surface area (Å²) in [6.45, 7) is 10.9. The molecule has 0 rings (SSSR count). The Bertz CT molecular complexity index is 176. The molecular formula is C12H23N. The molecule has 0 atom stereocenters. The zero-order chi connectivity index (χ0) is 10.3. The van der Waals surface area contributed by atoms with E-state index >= 15 is 0 Å². The minimum Gasteiger partial charge on any atom is -0.269 e. The molecule has 0 heterocycles. The van der Waals surface area contributed by atoms with Gasteiger partial charge in [-0.05, 0) is 31.6 Å². The van der Waals surface area contributed by atoms with Crippen LogP contribution in [-0.2, 0) is 0 Å². The average molecular weight is 181 g/mol. The molecule has 76 valence electrons. The van der Waals surface area contributed by atoms with Gasteiger partial charge in [0, 0.05) is 12.4 Å². The Labute approximate surface area is 83.0 Å². The largest absolute Gasteiger partial charge is 0.269 e. The number of hydrogen-bond donors (Lipinski definition) is 0. The topological polar surface area (TPSA) is 12.4 Å². The Hall–Kier alpha value is -0.590. The van der Waals surface area contributed by atoms with Crippen LogP contribution in [0.3, 0.4) is 0 Å². The lowest BCUT2D eigenvalue weighted by molar-refractivity contribution is 0.584. The molecule has 0 saturated carbocycles. The highest BCUT2D eigenvalue weighted by atomic mass is 14.7. The second-order valence-corrected chi connectivity index (χ2v) is 4.45. The maximum atomic E-state index is 4.26. The second kappa shape index (κ2) is 6.88. The molecule has 0 bridgehead atoms. The predicted octanol–water partition coefficient (Wildman–Crippen LogP) is 4.05. The monoisotopic (exact) mass is 181 g/mol. The summed E-state index contributed by atoms with van der Waals surface area (Å²) < 4.78 is 0. The predicted molar refractivity (Wildman–Crippen MR) is 61.2 cm³/mol. The van der Waals surface area contributed by atoms with E-state index in [2.05, 4.69) is 39.6 Å². The van der Waals surface area contributed by atoms with Crippen molar-refractivity contribution < 1.29 is 0 Å². The van der Waals surface area contributed by atoms with Crippen LogP contribution in [0, 0.1) is 11.8 Å². The molecule has 0 aliphatic heterocycles. The van der Waals surface area contributed by atoms with Crippen LogP contribution >= 0.6 is 0 Å². The molecule has 0 amide bonds. The van der Waals surface area contributed by atoms with E-state index in [0.717, 1.165) is 5.92 Å². The van der Waals surface area contributed by atoms with Gasteiger partial charge in [-0.2, -0.15) is 0 Å². The van der Waals surface area contributed by atoms with Crippen molar-refractivity contribution in [1.82, 2.24) is 0 Å². The van der Waals surface area contributed by atoms with Crippen LogP contribution in [0.2, 0.25) is 0 Å². The van der Waals surface area contributed by atoms with Crippen LogP contribution in [0.4, 0.5) is 0 Å². The van der Waals surface area contributed by atoms with Crippen LogP contribution in [0.5, 0.6) is 0 Å². The van der Waals surface area contributed by atoms with Gasteiger partial charge in [-0.1, -0.05) is 33.3 Å². The van der Waals surface area contributed by atoms with Gasteiger partial charge < -0.3 is 0 Å². The quantitative estimate of drug-likeness (QED) is 0.567. The number of rotatable bonds is 5. The number of hydrogen-bond acceptors (Lipinski definition) is 1. The first-order valence-electron chi connectivity index (χ1n) is 5.21. The molecule has 0 unspecified atom stereocenters. The van der Waals surface area contributed by atoms with Crippen LogP contribution in [-0.4, -0.2) is 6.21 Å². The maximum absolute atomic E-state index is 4.26. The molecular weight excluding hydrogens is 158 g/mol. The Balaban J connectivity index is 3.75. The molecule has 0 spiro atoms. The van der Waals surface area contributed by atoms with Gasteiger partial charge in [0.2, 0.25) is 0 Å². The number of nitrogens with zero attached hydrogens (tertiary/aromatic N) is 1. The van der Waals surface area contributed by atoms with Gasteiger partial charge in [-0.15, -0.1) is 0 Å². The lowest BCUT2D eigenvalue weighted by Crippen LogP contribution is -1.88. The second-order valence-electron chi connectivity index (χ2n) is 4.45. The summed E-state index contributed by atoms with van der Waals surface area (Å²) in [5.41, 5.74) is 1.38. The van der Waals surface area contributed by atoms with Crippen molar-refractivity contribution in [3.63, 3.8) is 0 Å². The zero-order valence-corrected chi connectivity index (χ0v) is 9.67. The van der Waals surface area contributed by atoms with Crippen LogP contribution in [0.25, 0.3) is 0 Å². The van der Waals surface area contributed by atoms with E-state index in [0.29, 0.717) is 5.92 Å². The van der Waals surface area contributed by atoms with E-state index in [9.17, 15) is 0 Å². The van der Waals surface area contributed by atoms with Gasteiger partial charge in [-0.25, -0.2) is 0 Å². The van der Waals surface area contributed by atoms with Gasteiger partial charge in [0.05, 0.1) is 0 Å². The lowest BCUT2D eigenvalue weighted by Gasteiger charge is -2.03. The van der Waals surface area contributed by atoms with E-state index < -0.39 is 0 Å². The van der Waals surface area contributed by atoms with E-state index in [-0.39, 0.29) is 0 Å². The highest BCUT2D eigenvalue weighted by Crippen LogP contribution is 2.10. The van der Waals surface area contributed by atoms with Gasteiger partial charge in [-0.3, -0.25) is 4.99 Å². The van der Waals surface area contributed by atoms with Crippen molar-refractivity contribution in [2.45, 2.75) is 47.5 Å². The molecule has 1 heteroatoms. The third-order valence-corrected chi connectivity index (χ3v) is 1.80. The van der Waals surface area contributed by atoms with Crippen LogP contribution in [0.15, 0.2) is 16.8 Å². The Kier molecular flexibility index (Phi) is 6.56. The highest BCUT2D eigenvalue weighted by Gasteiger charge is 1.94. The fourth-order valence-corrected chi connectivity index (χ4v) is 0.923. The first kappa shape index (κ1) is 12.4. The van der Waals surface area contributed by atoms with E-state index in [1.807, 2.05) is 12.4 Å². The summed E-state index contributed by atoms with van der Waals surface area (Å²) in [5.74, 6) is 1.34. The minimum atomic E-state index is 0.550. The maximum Gasteiger partial charge on any atom is 0.0253 e. The first-order valence-corrected chi connectivity index (χ1v) is 5.21. The molecule has 0 radical (unpaired) electrons. The molecule has 0 aromatic carbocycles. The molecule has 0 aliphatic rings. The normalized spacial score (nSPS) is 13.6. The fraction of sp³-hybridized carbons (Fsp3) is 0.750. The van der Waals surface area contributed by atoms with Gasteiger partial charge in [0.15, 0.2) is 0 Å². The SMILES string of the molecule is C/C(=C\N=CC(C)C)CCC(C)C. The summed E-state index contributed by atoms with van der Waals surface area (Å²) in [4.78, 5) is 4.26. The lowest BCUT2D eigenvalue weighted by atomic mass is 10.0. The van der Waals surface area contributed by atoms with Crippen molar-refractivity contribution in [3.05, 3.63) is 11.8 Å². The Morgan fingerprint density at radius 1 is 1.23 bits per heavy atom.